The first kappa shape index (κ1) is 11.1. The molecule has 0 radical (unpaired) electrons. The van der Waals surface area contributed by atoms with Gasteiger partial charge in [0.25, 0.3) is 0 Å². The highest BCUT2D eigenvalue weighted by molar-refractivity contribution is 7.07. The fourth-order valence-corrected chi connectivity index (χ4v) is 2.58. The van der Waals surface area contributed by atoms with E-state index in [1.54, 1.807) is 16.2 Å². The van der Waals surface area contributed by atoms with E-state index in [9.17, 15) is 0 Å². The van der Waals surface area contributed by atoms with Crippen LogP contribution in [0.3, 0.4) is 0 Å². The molecule has 0 amide bonds. The highest BCUT2D eigenvalue weighted by Gasteiger charge is 2.13. The van der Waals surface area contributed by atoms with Gasteiger partial charge in [0.1, 0.15) is 32.7 Å². The fraction of sp³-hybridized carbons (Fsp3) is 0.636. The van der Waals surface area contributed by atoms with Gasteiger partial charge in [-0.05, 0) is 16.8 Å². The van der Waals surface area contributed by atoms with Crippen LogP contribution in [0.2, 0.25) is 0 Å². The van der Waals surface area contributed by atoms with Gasteiger partial charge in [-0.15, -0.1) is 0 Å². The number of quaternary nitrogens is 2. The second-order valence-electron chi connectivity index (χ2n) is 4.03. The zero-order valence-electron chi connectivity index (χ0n) is 9.08. The lowest BCUT2D eigenvalue weighted by atomic mass is 10.3. The van der Waals surface area contributed by atoms with E-state index in [2.05, 4.69) is 22.1 Å². The molecule has 2 heterocycles. The minimum Gasteiger partial charge on any atom is -0.370 e. The second-order valence-corrected chi connectivity index (χ2v) is 4.81. The normalized spacial score (nSPS) is 18.1. The summed E-state index contributed by atoms with van der Waals surface area (Å²) >= 11 is 1.78. The van der Waals surface area contributed by atoms with Crippen LogP contribution in [0.4, 0.5) is 0 Å². The van der Waals surface area contributed by atoms with E-state index >= 15 is 0 Å². The van der Waals surface area contributed by atoms with Gasteiger partial charge < -0.3 is 15.0 Å². The van der Waals surface area contributed by atoms with E-state index in [-0.39, 0.29) is 0 Å². The molecule has 0 aromatic carbocycles. The van der Waals surface area contributed by atoms with E-state index in [1.807, 2.05) is 0 Å². The maximum Gasteiger partial charge on any atom is 0.127 e. The van der Waals surface area contributed by atoms with Gasteiger partial charge in [0.2, 0.25) is 0 Å². The molecule has 0 bridgehead atoms. The molecule has 0 unspecified atom stereocenters. The molecule has 1 saturated heterocycles. The molecule has 1 aliphatic rings. The Kier molecular flexibility index (Phi) is 4.60. The maximum absolute atomic E-state index is 5.34. The van der Waals surface area contributed by atoms with Crippen molar-refractivity contribution in [2.75, 3.05) is 39.4 Å². The first-order chi connectivity index (χ1) is 7.45. The number of rotatable bonds is 5. The summed E-state index contributed by atoms with van der Waals surface area (Å²) in [6.07, 6.45) is 0. The van der Waals surface area contributed by atoms with E-state index in [1.165, 1.54) is 31.7 Å². The number of thiophene rings is 1. The molecular formula is C11H20N2OS+2. The van der Waals surface area contributed by atoms with Crippen LogP contribution >= 0.6 is 11.3 Å². The van der Waals surface area contributed by atoms with Crippen LogP contribution in [0, 0.1) is 0 Å². The van der Waals surface area contributed by atoms with Crippen molar-refractivity contribution in [3.63, 3.8) is 0 Å². The largest absolute Gasteiger partial charge is 0.370 e. The molecule has 1 aromatic rings. The maximum atomic E-state index is 5.34. The van der Waals surface area contributed by atoms with E-state index in [0.29, 0.717) is 0 Å². The minimum absolute atomic E-state index is 0.944. The van der Waals surface area contributed by atoms with E-state index in [4.69, 9.17) is 4.74 Å². The predicted molar refractivity (Wildman–Crippen MR) is 61.2 cm³/mol. The SMILES string of the molecule is c1cc(C[NH2+]CC[NH+]2CCOCC2)cs1. The first-order valence-corrected chi connectivity index (χ1v) is 6.63. The van der Waals surface area contributed by atoms with Gasteiger partial charge in [-0.3, -0.25) is 0 Å². The van der Waals surface area contributed by atoms with Gasteiger partial charge in [-0.25, -0.2) is 0 Å². The third kappa shape index (κ3) is 3.91. The number of ether oxygens (including phenoxy) is 1. The van der Waals surface area contributed by atoms with Crippen LogP contribution in [0.1, 0.15) is 5.56 Å². The van der Waals surface area contributed by atoms with Crippen LogP contribution < -0.4 is 10.2 Å². The Morgan fingerprint density at radius 2 is 2.27 bits per heavy atom. The lowest BCUT2D eigenvalue weighted by Crippen LogP contribution is -3.16. The first-order valence-electron chi connectivity index (χ1n) is 5.69. The summed E-state index contributed by atoms with van der Waals surface area (Å²) in [6, 6.07) is 2.21. The molecule has 0 aliphatic carbocycles. The van der Waals surface area contributed by atoms with Crippen molar-refractivity contribution < 1.29 is 15.0 Å². The Labute approximate surface area is 95.0 Å². The van der Waals surface area contributed by atoms with Gasteiger partial charge in [0, 0.05) is 5.56 Å². The van der Waals surface area contributed by atoms with Crippen molar-refractivity contribution in [3.05, 3.63) is 22.4 Å². The zero-order valence-corrected chi connectivity index (χ0v) is 9.89. The molecule has 0 atom stereocenters. The van der Waals surface area contributed by atoms with Crippen LogP contribution in [-0.2, 0) is 11.3 Å². The summed E-state index contributed by atoms with van der Waals surface area (Å²) in [5.74, 6) is 0. The molecule has 1 fully saturated rings. The molecule has 1 aliphatic heterocycles. The molecular weight excluding hydrogens is 208 g/mol. The van der Waals surface area contributed by atoms with Crippen molar-refractivity contribution in [2.45, 2.75) is 6.54 Å². The average molecular weight is 228 g/mol. The van der Waals surface area contributed by atoms with E-state index < -0.39 is 0 Å². The van der Waals surface area contributed by atoms with Crippen molar-refractivity contribution >= 4 is 11.3 Å². The molecule has 0 spiro atoms. The molecule has 4 heteroatoms. The topological polar surface area (TPSA) is 30.3 Å². The van der Waals surface area contributed by atoms with Gasteiger partial charge in [-0.1, -0.05) is 0 Å². The molecule has 2 rings (SSSR count). The number of nitrogens with one attached hydrogen (secondary N) is 1. The monoisotopic (exact) mass is 228 g/mol. The Bertz CT molecular complexity index is 258. The molecule has 15 heavy (non-hydrogen) atoms. The zero-order chi connectivity index (χ0) is 10.3. The van der Waals surface area contributed by atoms with Gasteiger partial charge in [0.15, 0.2) is 0 Å². The number of hydrogen-bond acceptors (Lipinski definition) is 2. The third-order valence-corrected chi connectivity index (χ3v) is 3.59. The molecule has 3 N–H and O–H groups in total. The summed E-state index contributed by atoms with van der Waals surface area (Å²) in [6.45, 7) is 7.89. The predicted octanol–water partition coefficient (Wildman–Crippen LogP) is -1.27. The van der Waals surface area contributed by atoms with Crippen LogP contribution in [-0.4, -0.2) is 39.4 Å². The summed E-state index contributed by atoms with van der Waals surface area (Å²) < 4.78 is 5.34. The average Bonchev–Trinajstić information content (AvgIpc) is 2.79. The molecule has 3 nitrogen and oxygen atoms in total. The Hall–Kier alpha value is -0.420. The minimum atomic E-state index is 0.944. The molecule has 84 valence electrons. The summed E-state index contributed by atoms with van der Waals surface area (Å²) in [5, 5.41) is 6.79. The smallest absolute Gasteiger partial charge is 0.127 e. The molecule has 1 aromatic heterocycles. The summed E-state index contributed by atoms with van der Waals surface area (Å²) in [7, 11) is 0. The number of morpholine rings is 1. The number of nitrogens with two attached hydrogens (primary N) is 1. The van der Waals surface area contributed by atoms with Gasteiger partial charge in [-0.2, -0.15) is 11.3 Å². The highest BCUT2D eigenvalue weighted by atomic mass is 32.1. The summed E-state index contributed by atoms with van der Waals surface area (Å²) in [5.41, 5.74) is 1.46. The standard InChI is InChI=1S/C11H18N2OS/c1-8-15-10-11(1)9-12-2-3-13-4-6-14-7-5-13/h1,8,10,12H,2-7,9H2/p+2. The lowest BCUT2D eigenvalue weighted by Gasteiger charge is -2.22. The van der Waals surface area contributed by atoms with Crippen LogP contribution in [0.5, 0.6) is 0 Å². The third-order valence-electron chi connectivity index (χ3n) is 2.86. The summed E-state index contributed by atoms with van der Waals surface area (Å²) in [4.78, 5) is 1.70. The van der Waals surface area contributed by atoms with Crippen molar-refractivity contribution in [1.82, 2.24) is 0 Å². The Balaban J connectivity index is 1.54. The molecule has 0 saturated carbocycles. The number of hydrogen-bond donors (Lipinski definition) is 2. The van der Waals surface area contributed by atoms with Gasteiger partial charge in [0.05, 0.1) is 13.2 Å². The second kappa shape index (κ2) is 6.23. The highest BCUT2D eigenvalue weighted by Crippen LogP contribution is 2.02. The van der Waals surface area contributed by atoms with Crippen molar-refractivity contribution in [2.24, 2.45) is 0 Å². The van der Waals surface area contributed by atoms with Crippen molar-refractivity contribution in [3.8, 4) is 0 Å². The van der Waals surface area contributed by atoms with Gasteiger partial charge >= 0.3 is 0 Å². The Morgan fingerprint density at radius 1 is 1.40 bits per heavy atom. The fourth-order valence-electron chi connectivity index (χ4n) is 1.89. The van der Waals surface area contributed by atoms with E-state index in [0.717, 1.165) is 19.8 Å². The van der Waals surface area contributed by atoms with Crippen molar-refractivity contribution in [1.29, 1.82) is 0 Å². The van der Waals surface area contributed by atoms with Crippen LogP contribution in [0.25, 0.3) is 0 Å². The quantitative estimate of drug-likeness (QED) is 0.605. The Morgan fingerprint density at radius 3 is 3.00 bits per heavy atom. The van der Waals surface area contributed by atoms with Crippen LogP contribution in [0.15, 0.2) is 16.8 Å². The lowest BCUT2D eigenvalue weighted by molar-refractivity contribution is -0.920.